The number of rotatable bonds is 7. The number of aliphatic imine (C=N–C) groups is 1. The van der Waals surface area contributed by atoms with E-state index in [4.69, 9.17) is 9.26 Å². The van der Waals surface area contributed by atoms with Gasteiger partial charge in [-0.2, -0.15) is 0 Å². The van der Waals surface area contributed by atoms with Crippen molar-refractivity contribution in [3.8, 4) is 5.75 Å². The molecule has 150 valence electrons. The lowest BCUT2D eigenvalue weighted by atomic mass is 10.1. The van der Waals surface area contributed by atoms with Gasteiger partial charge in [-0.25, -0.2) is 0 Å². The van der Waals surface area contributed by atoms with Gasteiger partial charge in [-0.1, -0.05) is 55.4 Å². The summed E-state index contributed by atoms with van der Waals surface area (Å²) in [7, 11) is 1.74. The van der Waals surface area contributed by atoms with Gasteiger partial charge in [0.25, 0.3) is 0 Å². The van der Waals surface area contributed by atoms with Crippen LogP contribution in [0.3, 0.4) is 0 Å². The molecule has 0 aliphatic carbocycles. The van der Waals surface area contributed by atoms with Gasteiger partial charge in [0.15, 0.2) is 11.7 Å². The number of guanidine groups is 1. The molecule has 3 aromatic rings. The molecular formula is C21H27IN4O2. The summed E-state index contributed by atoms with van der Waals surface area (Å²) in [4.78, 5) is 4.22. The van der Waals surface area contributed by atoms with Crippen LogP contribution in [0.5, 0.6) is 5.75 Å². The first-order valence-electron chi connectivity index (χ1n) is 9.18. The number of aromatic nitrogens is 1. The molecule has 1 aromatic heterocycles. The van der Waals surface area contributed by atoms with Crippen molar-refractivity contribution in [2.45, 2.75) is 26.3 Å². The molecule has 7 heteroatoms. The monoisotopic (exact) mass is 494 g/mol. The highest BCUT2D eigenvalue weighted by molar-refractivity contribution is 14.0. The quantitative estimate of drug-likeness (QED) is 0.222. The lowest BCUT2D eigenvalue weighted by molar-refractivity contribution is 0.325. The van der Waals surface area contributed by atoms with E-state index in [1.54, 1.807) is 7.05 Å². The number of benzene rings is 2. The van der Waals surface area contributed by atoms with Crippen LogP contribution in [0, 0.1) is 0 Å². The molecule has 0 atom stereocenters. The largest absolute Gasteiger partial charge is 0.491 e. The molecule has 3 rings (SSSR count). The Morgan fingerprint density at radius 3 is 2.68 bits per heavy atom. The Hall–Kier alpha value is -2.29. The zero-order valence-electron chi connectivity index (χ0n) is 16.4. The smallest absolute Gasteiger partial charge is 0.191 e. The first-order chi connectivity index (χ1) is 13.2. The molecule has 6 nitrogen and oxygen atoms in total. The molecule has 2 aromatic carbocycles. The summed E-state index contributed by atoms with van der Waals surface area (Å²) in [6, 6.07) is 16.3. The highest BCUT2D eigenvalue weighted by atomic mass is 127. The molecule has 28 heavy (non-hydrogen) atoms. The van der Waals surface area contributed by atoms with E-state index in [0.29, 0.717) is 31.6 Å². The van der Waals surface area contributed by atoms with Crippen LogP contribution >= 0.6 is 24.0 Å². The predicted octanol–water partition coefficient (Wildman–Crippen LogP) is 4.31. The fourth-order valence-electron chi connectivity index (χ4n) is 2.73. The predicted molar refractivity (Wildman–Crippen MR) is 124 cm³/mol. The molecule has 0 bridgehead atoms. The van der Waals surface area contributed by atoms with Crippen LogP contribution in [0.15, 0.2) is 58.0 Å². The van der Waals surface area contributed by atoms with Gasteiger partial charge in [0.2, 0.25) is 0 Å². The van der Waals surface area contributed by atoms with E-state index in [0.717, 1.165) is 22.6 Å². The van der Waals surface area contributed by atoms with E-state index in [1.807, 2.05) is 30.3 Å². The molecule has 0 fully saturated rings. The third-order valence-corrected chi connectivity index (χ3v) is 4.22. The molecule has 0 aliphatic rings. The summed E-state index contributed by atoms with van der Waals surface area (Å²) in [5.74, 6) is 2.72. The summed E-state index contributed by atoms with van der Waals surface area (Å²) in [5.41, 5.74) is 0.957. The van der Waals surface area contributed by atoms with Crippen molar-refractivity contribution in [3.63, 3.8) is 0 Å². The van der Waals surface area contributed by atoms with Crippen LogP contribution in [-0.2, 0) is 6.54 Å². The Balaban J connectivity index is 0.00000280. The lowest BCUT2D eigenvalue weighted by Crippen LogP contribution is -2.38. The first-order valence-corrected chi connectivity index (χ1v) is 9.18. The third-order valence-electron chi connectivity index (χ3n) is 4.22. The Morgan fingerprint density at radius 1 is 1.14 bits per heavy atom. The molecule has 0 saturated heterocycles. The standard InChI is InChI=1S/C21H26N4O2.HI/c1-15(2)19-13-17(27-25-19)14-24-21(22-3)23-11-12-26-20-10-6-8-16-7-4-5-9-18(16)20;/h4-10,13,15H,11-12,14H2,1-3H3,(H2,22,23,24);1H. The van der Waals surface area contributed by atoms with E-state index in [-0.39, 0.29) is 24.0 Å². The first kappa shape index (κ1) is 22.0. The van der Waals surface area contributed by atoms with Crippen LogP contribution < -0.4 is 15.4 Å². The van der Waals surface area contributed by atoms with Gasteiger partial charge in [-0.15, -0.1) is 24.0 Å². The van der Waals surface area contributed by atoms with Crippen molar-refractivity contribution in [1.82, 2.24) is 15.8 Å². The van der Waals surface area contributed by atoms with Gasteiger partial charge in [-0.3, -0.25) is 4.99 Å². The van der Waals surface area contributed by atoms with E-state index in [2.05, 4.69) is 52.8 Å². The van der Waals surface area contributed by atoms with E-state index >= 15 is 0 Å². The van der Waals surface area contributed by atoms with Crippen LogP contribution in [-0.4, -0.2) is 31.3 Å². The lowest BCUT2D eigenvalue weighted by Gasteiger charge is -2.12. The zero-order valence-corrected chi connectivity index (χ0v) is 18.8. The SMILES string of the molecule is CN=C(NCCOc1cccc2ccccc12)NCc1cc(C(C)C)no1.I. The Labute approximate surface area is 182 Å². The maximum absolute atomic E-state index is 5.93. The second-order valence-corrected chi connectivity index (χ2v) is 6.55. The minimum atomic E-state index is 0. The second-order valence-electron chi connectivity index (χ2n) is 6.55. The number of nitrogens with one attached hydrogen (secondary N) is 2. The van der Waals surface area contributed by atoms with Crippen LogP contribution in [0.25, 0.3) is 10.8 Å². The van der Waals surface area contributed by atoms with Crippen molar-refractivity contribution in [3.05, 3.63) is 60.0 Å². The Morgan fingerprint density at radius 2 is 1.93 bits per heavy atom. The number of hydrogen-bond donors (Lipinski definition) is 2. The number of fused-ring (bicyclic) bond motifs is 1. The molecule has 0 unspecified atom stereocenters. The maximum Gasteiger partial charge on any atom is 0.191 e. The van der Waals surface area contributed by atoms with Crippen molar-refractivity contribution in [2.75, 3.05) is 20.2 Å². The molecule has 0 radical (unpaired) electrons. The van der Waals surface area contributed by atoms with Crippen LogP contribution in [0.2, 0.25) is 0 Å². The number of nitrogens with zero attached hydrogens (tertiary/aromatic N) is 2. The van der Waals surface area contributed by atoms with Crippen molar-refractivity contribution in [1.29, 1.82) is 0 Å². The normalized spacial score (nSPS) is 11.4. The van der Waals surface area contributed by atoms with Crippen molar-refractivity contribution in [2.24, 2.45) is 4.99 Å². The molecule has 0 saturated carbocycles. The number of halogens is 1. The zero-order chi connectivity index (χ0) is 19.1. The molecule has 1 heterocycles. The van der Waals surface area contributed by atoms with Gasteiger partial charge in [0, 0.05) is 18.5 Å². The summed E-state index contributed by atoms with van der Waals surface area (Å²) in [5, 5.41) is 12.8. The van der Waals surface area contributed by atoms with Gasteiger partial charge < -0.3 is 19.9 Å². The van der Waals surface area contributed by atoms with Gasteiger partial charge in [0.05, 0.1) is 18.8 Å². The summed E-state index contributed by atoms with van der Waals surface area (Å²) in [6.07, 6.45) is 0. The minimum Gasteiger partial charge on any atom is -0.491 e. The van der Waals surface area contributed by atoms with Crippen molar-refractivity contribution < 1.29 is 9.26 Å². The third kappa shape index (κ3) is 5.85. The molecule has 0 amide bonds. The molecule has 0 spiro atoms. The van der Waals surface area contributed by atoms with Crippen LogP contribution in [0.4, 0.5) is 0 Å². The highest BCUT2D eigenvalue weighted by Crippen LogP contribution is 2.24. The highest BCUT2D eigenvalue weighted by Gasteiger charge is 2.08. The van der Waals surface area contributed by atoms with E-state index in [1.165, 1.54) is 5.39 Å². The van der Waals surface area contributed by atoms with E-state index < -0.39 is 0 Å². The average molecular weight is 494 g/mol. The molecule has 2 N–H and O–H groups in total. The maximum atomic E-state index is 5.93. The van der Waals surface area contributed by atoms with Gasteiger partial charge >= 0.3 is 0 Å². The van der Waals surface area contributed by atoms with Gasteiger partial charge in [-0.05, 0) is 17.4 Å². The summed E-state index contributed by atoms with van der Waals surface area (Å²) in [6.45, 7) is 5.88. The average Bonchev–Trinajstić information content (AvgIpc) is 3.17. The van der Waals surface area contributed by atoms with Gasteiger partial charge in [0.1, 0.15) is 12.4 Å². The summed E-state index contributed by atoms with van der Waals surface area (Å²) >= 11 is 0. The second kappa shape index (κ2) is 10.9. The minimum absolute atomic E-state index is 0. The van der Waals surface area contributed by atoms with Crippen LogP contribution in [0.1, 0.15) is 31.2 Å². The topological polar surface area (TPSA) is 71.7 Å². The fraction of sp³-hybridized carbons (Fsp3) is 0.333. The Kier molecular flexibility index (Phi) is 8.56. The number of hydrogen-bond acceptors (Lipinski definition) is 4. The molecular weight excluding hydrogens is 467 g/mol. The fourth-order valence-corrected chi connectivity index (χ4v) is 2.73. The van der Waals surface area contributed by atoms with E-state index in [9.17, 15) is 0 Å². The van der Waals surface area contributed by atoms with Crippen molar-refractivity contribution >= 4 is 40.7 Å². The Bertz CT molecular complexity index is 903. The number of ether oxygens (including phenoxy) is 1. The summed E-state index contributed by atoms with van der Waals surface area (Å²) < 4.78 is 11.3. The molecule has 0 aliphatic heterocycles.